The molecule has 0 bridgehead atoms. The molecular weight excluding hydrogens is 306 g/mol. The molecule has 2 aromatic rings. The number of ether oxygens (including phenoxy) is 1. The molecule has 0 spiro atoms. The van der Waals surface area contributed by atoms with Crippen LogP contribution in [0.1, 0.15) is 28.4 Å². The molecule has 1 aliphatic carbocycles. The van der Waals surface area contributed by atoms with Gasteiger partial charge in [-0.05, 0) is 24.6 Å². The van der Waals surface area contributed by atoms with Crippen molar-refractivity contribution >= 4 is 17.3 Å². The highest BCUT2D eigenvalue weighted by Gasteiger charge is 2.32. The van der Waals surface area contributed by atoms with Crippen LogP contribution in [0.3, 0.4) is 0 Å². The van der Waals surface area contributed by atoms with Crippen molar-refractivity contribution in [2.45, 2.75) is 13.5 Å². The maximum absolute atomic E-state index is 12.2. The van der Waals surface area contributed by atoms with Crippen molar-refractivity contribution in [3.63, 3.8) is 0 Å². The first-order valence-corrected chi connectivity index (χ1v) is 7.69. The summed E-state index contributed by atoms with van der Waals surface area (Å²) in [5.41, 5.74) is 1.44. The van der Waals surface area contributed by atoms with Crippen molar-refractivity contribution in [3.8, 4) is 5.75 Å². The van der Waals surface area contributed by atoms with Crippen LogP contribution < -0.4 is 10.1 Å². The summed E-state index contributed by atoms with van der Waals surface area (Å²) in [6.07, 6.45) is 0. The molecule has 0 radical (unpaired) electrons. The van der Waals surface area contributed by atoms with Gasteiger partial charge in [-0.25, -0.2) is 0 Å². The molecule has 0 aliphatic heterocycles. The zero-order valence-corrected chi connectivity index (χ0v) is 13.2. The zero-order valence-electron chi connectivity index (χ0n) is 13.2. The van der Waals surface area contributed by atoms with E-state index in [1.54, 1.807) is 18.2 Å². The van der Waals surface area contributed by atoms with Gasteiger partial charge in [0.15, 0.2) is 5.76 Å². The topological polar surface area (TPSA) is 75.6 Å². The number of fused-ring (bicyclic) bond motifs is 1. The maximum Gasteiger partial charge on any atom is 0.253 e. The number of Topliss-reactive ketones (excluding diaryl/α,β-unsaturated/α-hetero) is 2. The highest BCUT2D eigenvalue weighted by Crippen LogP contribution is 2.26. The minimum absolute atomic E-state index is 0.0624. The van der Waals surface area contributed by atoms with Crippen LogP contribution in [0.15, 0.2) is 54.2 Å². The summed E-state index contributed by atoms with van der Waals surface area (Å²) < 4.78 is 5.37. The number of nitrogens with one attached hydrogen (secondary N) is 1. The van der Waals surface area contributed by atoms with E-state index in [4.69, 9.17) is 4.74 Å². The fraction of sp³-hybridized carbons (Fsp3) is 0.158. The summed E-state index contributed by atoms with van der Waals surface area (Å²) in [7, 11) is 0. The van der Waals surface area contributed by atoms with Crippen molar-refractivity contribution in [1.82, 2.24) is 5.32 Å². The van der Waals surface area contributed by atoms with Gasteiger partial charge < -0.3 is 15.2 Å². The van der Waals surface area contributed by atoms with Gasteiger partial charge in [0.2, 0.25) is 5.78 Å². The Morgan fingerprint density at radius 3 is 2.29 bits per heavy atom. The largest absolute Gasteiger partial charge is 0.505 e. The molecule has 0 saturated carbocycles. The third-order valence-corrected chi connectivity index (χ3v) is 3.80. The molecule has 122 valence electrons. The van der Waals surface area contributed by atoms with Gasteiger partial charge in [-0.15, -0.1) is 0 Å². The van der Waals surface area contributed by atoms with E-state index in [1.165, 1.54) is 6.07 Å². The number of ketones is 2. The highest BCUT2D eigenvalue weighted by molar-refractivity contribution is 6.52. The third kappa shape index (κ3) is 2.88. The Bertz CT molecular complexity index is 822. The van der Waals surface area contributed by atoms with Gasteiger partial charge in [0.1, 0.15) is 11.4 Å². The van der Waals surface area contributed by atoms with Crippen LogP contribution in [0, 0.1) is 0 Å². The van der Waals surface area contributed by atoms with E-state index in [0.29, 0.717) is 18.7 Å². The summed E-state index contributed by atoms with van der Waals surface area (Å²) in [6, 6.07) is 13.9. The van der Waals surface area contributed by atoms with Gasteiger partial charge in [-0.1, -0.05) is 36.4 Å². The van der Waals surface area contributed by atoms with Gasteiger partial charge in [0.05, 0.1) is 6.61 Å². The van der Waals surface area contributed by atoms with E-state index in [0.717, 1.165) is 11.3 Å². The van der Waals surface area contributed by atoms with Crippen LogP contribution in [0.2, 0.25) is 0 Å². The number of carbonyl (C=O) groups is 2. The van der Waals surface area contributed by atoms with Crippen molar-refractivity contribution in [2.24, 2.45) is 0 Å². The molecule has 1 aliphatic rings. The molecule has 24 heavy (non-hydrogen) atoms. The molecule has 0 aromatic heterocycles. The van der Waals surface area contributed by atoms with Crippen LogP contribution in [0.5, 0.6) is 5.75 Å². The molecular formula is C19H17NO4. The van der Waals surface area contributed by atoms with Crippen molar-refractivity contribution in [3.05, 3.63) is 70.9 Å². The summed E-state index contributed by atoms with van der Waals surface area (Å²) in [4.78, 5) is 24.4. The molecule has 3 rings (SSSR count). The fourth-order valence-corrected chi connectivity index (χ4v) is 2.59. The highest BCUT2D eigenvalue weighted by atomic mass is 16.5. The van der Waals surface area contributed by atoms with E-state index in [-0.39, 0.29) is 17.0 Å². The molecule has 0 amide bonds. The Kier molecular flexibility index (Phi) is 4.33. The number of hydrogen-bond donors (Lipinski definition) is 2. The molecule has 5 nitrogen and oxygen atoms in total. The smallest absolute Gasteiger partial charge is 0.253 e. The van der Waals surface area contributed by atoms with Gasteiger partial charge in [-0.3, -0.25) is 9.59 Å². The first-order chi connectivity index (χ1) is 11.6. The first kappa shape index (κ1) is 15.8. The number of benzene rings is 2. The van der Waals surface area contributed by atoms with Crippen LogP contribution in [0.4, 0.5) is 0 Å². The number of aliphatic hydroxyl groups is 1. The molecule has 0 unspecified atom stereocenters. The number of aliphatic hydroxyl groups excluding tert-OH is 1. The second-order valence-corrected chi connectivity index (χ2v) is 5.36. The second kappa shape index (κ2) is 6.58. The average Bonchev–Trinajstić information content (AvgIpc) is 2.61. The summed E-state index contributed by atoms with van der Waals surface area (Å²) >= 11 is 0. The van der Waals surface area contributed by atoms with Crippen molar-refractivity contribution in [1.29, 1.82) is 0 Å². The molecule has 5 heteroatoms. The molecule has 2 aromatic carbocycles. The average molecular weight is 323 g/mol. The quantitative estimate of drug-likeness (QED) is 0.828. The number of rotatable bonds is 5. The second-order valence-electron chi connectivity index (χ2n) is 5.36. The fourth-order valence-electron chi connectivity index (χ4n) is 2.59. The van der Waals surface area contributed by atoms with Crippen LogP contribution in [-0.2, 0) is 11.3 Å². The Morgan fingerprint density at radius 2 is 1.62 bits per heavy atom. The molecule has 0 atom stereocenters. The standard InChI is InChI=1S/C19H17NO4/c1-2-24-13-9-7-12(8-10-13)11-20-16-17(21)14-5-3-4-6-15(14)18(22)19(16)23/h3-10,20-21H,2,11H2,1H3. The van der Waals surface area contributed by atoms with Crippen molar-refractivity contribution < 1.29 is 19.4 Å². The van der Waals surface area contributed by atoms with Gasteiger partial charge in [0.25, 0.3) is 5.78 Å². The van der Waals surface area contributed by atoms with Crippen LogP contribution >= 0.6 is 0 Å². The lowest BCUT2D eigenvalue weighted by Gasteiger charge is -2.18. The minimum atomic E-state index is -0.725. The summed E-state index contributed by atoms with van der Waals surface area (Å²) in [5.74, 6) is -0.767. The maximum atomic E-state index is 12.2. The lowest BCUT2D eigenvalue weighted by atomic mass is 9.91. The van der Waals surface area contributed by atoms with Crippen LogP contribution in [-0.4, -0.2) is 23.3 Å². The van der Waals surface area contributed by atoms with Crippen molar-refractivity contribution in [2.75, 3.05) is 6.61 Å². The Hall–Kier alpha value is -3.08. The number of allylic oxidation sites excluding steroid dienone is 1. The number of hydrogen-bond acceptors (Lipinski definition) is 5. The van der Waals surface area contributed by atoms with Gasteiger partial charge >= 0.3 is 0 Å². The monoisotopic (exact) mass is 323 g/mol. The molecule has 0 heterocycles. The van der Waals surface area contributed by atoms with E-state index in [9.17, 15) is 14.7 Å². The Labute approximate surface area is 139 Å². The lowest BCUT2D eigenvalue weighted by molar-refractivity contribution is -0.112. The van der Waals surface area contributed by atoms with E-state index in [2.05, 4.69) is 5.32 Å². The Morgan fingerprint density at radius 1 is 0.958 bits per heavy atom. The normalized spacial score (nSPS) is 13.7. The SMILES string of the molecule is CCOc1ccc(CNC2=C(O)c3ccccc3C(=O)C2=O)cc1. The van der Waals surface area contributed by atoms with E-state index >= 15 is 0 Å². The summed E-state index contributed by atoms with van der Waals surface area (Å²) in [6.45, 7) is 2.82. The van der Waals surface area contributed by atoms with Crippen LogP contribution in [0.25, 0.3) is 5.76 Å². The third-order valence-electron chi connectivity index (χ3n) is 3.80. The van der Waals surface area contributed by atoms with Gasteiger partial charge in [0, 0.05) is 17.7 Å². The number of carbonyl (C=O) groups excluding carboxylic acids is 2. The molecule has 2 N–H and O–H groups in total. The minimum Gasteiger partial charge on any atom is -0.505 e. The molecule has 0 saturated heterocycles. The molecule has 0 fully saturated rings. The predicted octanol–water partition coefficient (Wildman–Crippen LogP) is 2.87. The Balaban J connectivity index is 1.81. The van der Waals surface area contributed by atoms with Gasteiger partial charge in [-0.2, -0.15) is 0 Å². The lowest BCUT2D eigenvalue weighted by Crippen LogP contribution is -2.31. The zero-order chi connectivity index (χ0) is 17.1. The first-order valence-electron chi connectivity index (χ1n) is 7.69. The van der Waals surface area contributed by atoms with E-state index < -0.39 is 11.6 Å². The summed E-state index contributed by atoms with van der Waals surface area (Å²) in [5, 5.41) is 13.2. The predicted molar refractivity (Wildman–Crippen MR) is 89.8 cm³/mol. The van der Waals surface area contributed by atoms with E-state index in [1.807, 2.05) is 31.2 Å².